The van der Waals surface area contributed by atoms with Crippen LogP contribution in [-0.4, -0.2) is 33.2 Å². The van der Waals surface area contributed by atoms with Crippen LogP contribution < -0.4 is 0 Å². The highest BCUT2D eigenvalue weighted by atomic mass is 35.5. The lowest BCUT2D eigenvalue weighted by molar-refractivity contribution is 0.0590. The molecule has 0 unspecified atom stereocenters. The van der Waals surface area contributed by atoms with Gasteiger partial charge in [0, 0.05) is 42.1 Å². The summed E-state index contributed by atoms with van der Waals surface area (Å²) in [5.41, 5.74) is 2.01. The summed E-state index contributed by atoms with van der Waals surface area (Å²) in [5, 5.41) is 11.7. The van der Waals surface area contributed by atoms with Gasteiger partial charge in [-0.2, -0.15) is 0 Å². The number of aliphatic hydroxyl groups excluding tert-OH is 1. The van der Waals surface area contributed by atoms with Crippen molar-refractivity contribution in [2.24, 2.45) is 0 Å². The molecule has 1 aromatic heterocycles. The second-order valence-electron chi connectivity index (χ2n) is 6.88. The van der Waals surface area contributed by atoms with E-state index in [2.05, 4.69) is 37.2 Å². The molecule has 0 radical (unpaired) electrons. The molecular formula is C21H31ClN2O. The van der Waals surface area contributed by atoms with Crippen LogP contribution in [-0.2, 0) is 6.54 Å². The normalized spacial score (nSPS) is 15.3. The molecule has 0 bridgehead atoms. The molecule has 0 saturated carbocycles. The largest absolute Gasteiger partial charge is 0.386 e. The molecule has 0 saturated heterocycles. The van der Waals surface area contributed by atoms with E-state index in [1.807, 2.05) is 42.6 Å². The minimum absolute atomic E-state index is 0.455. The summed E-state index contributed by atoms with van der Waals surface area (Å²) in [6.45, 7) is 10.2. The van der Waals surface area contributed by atoms with Crippen LogP contribution in [0.1, 0.15) is 57.9 Å². The fourth-order valence-electron chi connectivity index (χ4n) is 3.24. The van der Waals surface area contributed by atoms with E-state index in [0.717, 1.165) is 29.1 Å². The average Bonchev–Trinajstić information content (AvgIpc) is 3.08. The van der Waals surface area contributed by atoms with E-state index in [-0.39, 0.29) is 0 Å². The van der Waals surface area contributed by atoms with Gasteiger partial charge >= 0.3 is 0 Å². The topological polar surface area (TPSA) is 28.4 Å². The van der Waals surface area contributed by atoms with Crippen LogP contribution in [0.4, 0.5) is 0 Å². The SMILES string of the molecule is CC[C@@H](C)N(C[C@@H](O)c1cccn1Cc1ccccc1Cl)[C@@H](C)CC. The Bertz CT molecular complexity index is 645. The van der Waals surface area contributed by atoms with Crippen LogP contribution in [0.15, 0.2) is 42.6 Å². The van der Waals surface area contributed by atoms with Gasteiger partial charge in [0.2, 0.25) is 0 Å². The molecule has 0 fully saturated rings. The Morgan fingerprint density at radius 1 is 1.04 bits per heavy atom. The predicted octanol–water partition coefficient (Wildman–Crippen LogP) is 5.12. The molecule has 0 aliphatic carbocycles. The van der Waals surface area contributed by atoms with E-state index in [9.17, 15) is 5.11 Å². The number of hydrogen-bond acceptors (Lipinski definition) is 2. The van der Waals surface area contributed by atoms with Crippen molar-refractivity contribution in [2.45, 2.75) is 65.3 Å². The summed E-state index contributed by atoms with van der Waals surface area (Å²) in [4.78, 5) is 2.41. The van der Waals surface area contributed by atoms with Gasteiger partial charge in [0.25, 0.3) is 0 Å². The zero-order chi connectivity index (χ0) is 18.4. The van der Waals surface area contributed by atoms with Gasteiger partial charge in [-0.15, -0.1) is 0 Å². The maximum atomic E-state index is 10.9. The molecule has 1 N–H and O–H groups in total. The minimum atomic E-state index is -0.513. The standard InChI is InChI=1S/C21H31ClN2O/c1-5-16(3)24(17(4)6-2)15-21(25)20-12-9-13-23(20)14-18-10-7-8-11-19(18)22/h7-13,16-17,21,25H,5-6,14-15H2,1-4H3/t16-,17+,21-/m1/s1. The first-order valence-corrected chi connectivity index (χ1v) is 9.67. The molecule has 0 aliphatic heterocycles. The van der Waals surface area contributed by atoms with Crippen LogP contribution in [0.5, 0.6) is 0 Å². The highest BCUT2D eigenvalue weighted by Crippen LogP contribution is 2.23. The van der Waals surface area contributed by atoms with Gasteiger partial charge in [0.1, 0.15) is 6.10 Å². The van der Waals surface area contributed by atoms with Crippen molar-refractivity contribution < 1.29 is 5.11 Å². The second-order valence-corrected chi connectivity index (χ2v) is 7.29. The third kappa shape index (κ3) is 5.10. The predicted molar refractivity (Wildman–Crippen MR) is 106 cm³/mol. The summed E-state index contributed by atoms with van der Waals surface area (Å²) < 4.78 is 2.09. The fraction of sp³-hybridized carbons (Fsp3) is 0.524. The summed E-state index contributed by atoms with van der Waals surface area (Å²) in [6, 6.07) is 12.8. The first kappa shape index (κ1) is 20.0. The zero-order valence-electron chi connectivity index (χ0n) is 15.8. The quantitative estimate of drug-likeness (QED) is 0.670. The highest BCUT2D eigenvalue weighted by molar-refractivity contribution is 6.31. The Kier molecular flexibility index (Phi) is 7.55. The maximum absolute atomic E-state index is 10.9. The number of aromatic nitrogens is 1. The molecule has 3 nitrogen and oxygen atoms in total. The third-order valence-electron chi connectivity index (χ3n) is 5.20. The number of benzene rings is 1. The molecule has 0 aliphatic rings. The first-order valence-electron chi connectivity index (χ1n) is 9.30. The summed E-state index contributed by atoms with van der Waals surface area (Å²) in [6.07, 6.45) is 3.66. The van der Waals surface area contributed by atoms with Crippen molar-refractivity contribution in [1.29, 1.82) is 0 Å². The minimum Gasteiger partial charge on any atom is -0.386 e. The van der Waals surface area contributed by atoms with Gasteiger partial charge in [-0.25, -0.2) is 0 Å². The monoisotopic (exact) mass is 362 g/mol. The highest BCUT2D eigenvalue weighted by Gasteiger charge is 2.23. The number of halogens is 1. The second kappa shape index (κ2) is 9.42. The smallest absolute Gasteiger partial charge is 0.107 e. The Morgan fingerprint density at radius 3 is 2.28 bits per heavy atom. The number of aliphatic hydroxyl groups is 1. The van der Waals surface area contributed by atoms with E-state index >= 15 is 0 Å². The van der Waals surface area contributed by atoms with Crippen LogP contribution in [0, 0.1) is 0 Å². The summed E-state index contributed by atoms with van der Waals surface area (Å²) in [5.74, 6) is 0. The lowest BCUT2D eigenvalue weighted by Crippen LogP contribution is -2.42. The molecule has 138 valence electrons. The molecule has 4 heteroatoms. The molecule has 3 atom stereocenters. The molecule has 0 spiro atoms. The average molecular weight is 363 g/mol. The molecular weight excluding hydrogens is 332 g/mol. The Balaban J connectivity index is 2.16. The van der Waals surface area contributed by atoms with E-state index in [1.54, 1.807) is 0 Å². The van der Waals surface area contributed by atoms with Crippen molar-refractivity contribution in [3.8, 4) is 0 Å². The van der Waals surface area contributed by atoms with Crippen LogP contribution in [0.2, 0.25) is 5.02 Å². The molecule has 1 heterocycles. The van der Waals surface area contributed by atoms with Crippen LogP contribution >= 0.6 is 11.6 Å². The summed E-state index contributed by atoms with van der Waals surface area (Å²) in [7, 11) is 0. The first-order chi connectivity index (χ1) is 12.0. The van der Waals surface area contributed by atoms with Gasteiger partial charge in [-0.1, -0.05) is 43.6 Å². The maximum Gasteiger partial charge on any atom is 0.107 e. The number of nitrogens with zero attached hydrogens (tertiary/aromatic N) is 2. The van der Waals surface area contributed by atoms with Gasteiger partial charge in [0.15, 0.2) is 0 Å². The molecule has 0 amide bonds. The molecule has 1 aromatic carbocycles. The van der Waals surface area contributed by atoms with Gasteiger partial charge in [-0.3, -0.25) is 4.90 Å². The van der Waals surface area contributed by atoms with Gasteiger partial charge in [0.05, 0.1) is 0 Å². The number of rotatable bonds is 9. The van der Waals surface area contributed by atoms with Gasteiger partial charge in [-0.05, 0) is 50.5 Å². The third-order valence-corrected chi connectivity index (χ3v) is 5.57. The lowest BCUT2D eigenvalue weighted by atomic mass is 10.1. The summed E-state index contributed by atoms with van der Waals surface area (Å²) >= 11 is 6.29. The van der Waals surface area contributed by atoms with Crippen molar-refractivity contribution in [2.75, 3.05) is 6.54 Å². The van der Waals surface area contributed by atoms with E-state index in [0.29, 0.717) is 25.2 Å². The molecule has 2 rings (SSSR count). The van der Waals surface area contributed by atoms with E-state index in [4.69, 9.17) is 11.6 Å². The van der Waals surface area contributed by atoms with Crippen molar-refractivity contribution in [3.05, 3.63) is 58.9 Å². The van der Waals surface area contributed by atoms with Crippen molar-refractivity contribution in [1.82, 2.24) is 9.47 Å². The Labute approximate surface area is 157 Å². The van der Waals surface area contributed by atoms with E-state index < -0.39 is 6.10 Å². The van der Waals surface area contributed by atoms with Crippen LogP contribution in [0.3, 0.4) is 0 Å². The van der Waals surface area contributed by atoms with Gasteiger partial charge < -0.3 is 9.67 Å². The van der Waals surface area contributed by atoms with Crippen molar-refractivity contribution in [3.63, 3.8) is 0 Å². The molecule has 25 heavy (non-hydrogen) atoms. The zero-order valence-corrected chi connectivity index (χ0v) is 16.6. The van der Waals surface area contributed by atoms with Crippen LogP contribution in [0.25, 0.3) is 0 Å². The molecule has 2 aromatic rings. The fourth-order valence-corrected chi connectivity index (χ4v) is 3.44. The van der Waals surface area contributed by atoms with Crippen molar-refractivity contribution >= 4 is 11.6 Å². The number of hydrogen-bond donors (Lipinski definition) is 1. The lowest BCUT2D eigenvalue weighted by Gasteiger charge is -2.35. The Hall–Kier alpha value is -1.29. The Morgan fingerprint density at radius 2 is 1.68 bits per heavy atom. The van der Waals surface area contributed by atoms with E-state index in [1.165, 1.54) is 0 Å².